The quantitative estimate of drug-likeness (QED) is 0.762. The first-order chi connectivity index (χ1) is 8.11. The van der Waals surface area contributed by atoms with Crippen molar-refractivity contribution in [2.75, 3.05) is 13.7 Å². The van der Waals surface area contributed by atoms with E-state index in [0.29, 0.717) is 12.6 Å². The maximum Gasteiger partial charge on any atom is 0.119 e. The highest BCUT2D eigenvalue weighted by Gasteiger charge is 2.01. The summed E-state index contributed by atoms with van der Waals surface area (Å²) in [6.45, 7) is 4.24. The molecule has 0 spiro atoms. The van der Waals surface area contributed by atoms with Crippen LogP contribution >= 0.6 is 0 Å². The van der Waals surface area contributed by atoms with E-state index in [1.54, 1.807) is 6.92 Å². The van der Waals surface area contributed by atoms with Gasteiger partial charge in [-0.1, -0.05) is 12.1 Å². The Morgan fingerprint density at radius 3 is 2.41 bits per heavy atom. The minimum atomic E-state index is -0.425. The molecular weight excluding hydrogens is 214 g/mol. The summed E-state index contributed by atoms with van der Waals surface area (Å²) in [5.74, 6) is 0.816. The molecule has 0 aliphatic heterocycles. The van der Waals surface area contributed by atoms with Crippen LogP contribution in [0.3, 0.4) is 0 Å². The Bertz CT molecular complexity index is 309. The molecule has 1 rings (SSSR count). The lowest BCUT2D eigenvalue weighted by Crippen LogP contribution is -2.21. The van der Waals surface area contributed by atoms with Crippen molar-refractivity contribution in [2.24, 2.45) is 0 Å². The molecule has 0 bridgehead atoms. The molecule has 0 aromatic heterocycles. The van der Waals surface area contributed by atoms with E-state index in [1.165, 1.54) is 5.56 Å². The Balaban J connectivity index is 2.39. The molecule has 1 aromatic rings. The molecule has 0 aliphatic rings. The van der Waals surface area contributed by atoms with Crippen LogP contribution in [0, 0.1) is 0 Å². The van der Waals surface area contributed by atoms with Crippen molar-refractivity contribution in [3.05, 3.63) is 29.8 Å². The fourth-order valence-electron chi connectivity index (χ4n) is 1.50. The van der Waals surface area contributed by atoms with Crippen LogP contribution in [0.5, 0.6) is 5.75 Å². The SMILES string of the molecule is CNC(C)CCc1ccc(OCC(C)O)cc1. The Hall–Kier alpha value is -1.06. The monoisotopic (exact) mass is 237 g/mol. The van der Waals surface area contributed by atoms with E-state index >= 15 is 0 Å². The molecule has 96 valence electrons. The second-order valence-corrected chi connectivity index (χ2v) is 4.53. The molecule has 17 heavy (non-hydrogen) atoms. The molecule has 0 amide bonds. The van der Waals surface area contributed by atoms with Crippen LogP contribution in [0.1, 0.15) is 25.8 Å². The van der Waals surface area contributed by atoms with Crippen LogP contribution in [0.2, 0.25) is 0 Å². The molecule has 0 aliphatic carbocycles. The lowest BCUT2D eigenvalue weighted by Gasteiger charge is -2.11. The molecule has 0 fully saturated rings. The number of aliphatic hydroxyl groups is 1. The lowest BCUT2D eigenvalue weighted by atomic mass is 10.1. The average Bonchev–Trinajstić information content (AvgIpc) is 2.34. The van der Waals surface area contributed by atoms with E-state index in [1.807, 2.05) is 19.2 Å². The van der Waals surface area contributed by atoms with E-state index in [2.05, 4.69) is 24.4 Å². The summed E-state index contributed by atoms with van der Waals surface area (Å²) in [5.41, 5.74) is 1.32. The lowest BCUT2D eigenvalue weighted by molar-refractivity contribution is 0.122. The molecule has 0 radical (unpaired) electrons. The van der Waals surface area contributed by atoms with Crippen LogP contribution in [-0.2, 0) is 6.42 Å². The van der Waals surface area contributed by atoms with Gasteiger partial charge in [0.25, 0.3) is 0 Å². The Morgan fingerprint density at radius 2 is 1.88 bits per heavy atom. The van der Waals surface area contributed by atoms with Crippen LogP contribution in [0.25, 0.3) is 0 Å². The van der Waals surface area contributed by atoms with E-state index < -0.39 is 6.10 Å². The van der Waals surface area contributed by atoms with Crippen molar-refractivity contribution in [2.45, 2.75) is 38.8 Å². The van der Waals surface area contributed by atoms with Gasteiger partial charge in [-0.2, -0.15) is 0 Å². The van der Waals surface area contributed by atoms with Crippen molar-refractivity contribution in [1.29, 1.82) is 0 Å². The Kier molecular flexibility index (Phi) is 6.01. The Morgan fingerprint density at radius 1 is 1.24 bits per heavy atom. The number of nitrogens with one attached hydrogen (secondary N) is 1. The summed E-state index contributed by atoms with van der Waals surface area (Å²) >= 11 is 0. The van der Waals surface area contributed by atoms with E-state index in [0.717, 1.165) is 18.6 Å². The van der Waals surface area contributed by atoms with Crippen molar-refractivity contribution < 1.29 is 9.84 Å². The molecule has 2 N–H and O–H groups in total. The maximum atomic E-state index is 9.11. The van der Waals surface area contributed by atoms with Crippen LogP contribution in [0.4, 0.5) is 0 Å². The minimum Gasteiger partial charge on any atom is -0.491 e. The molecule has 0 heterocycles. The zero-order valence-corrected chi connectivity index (χ0v) is 10.9. The van der Waals surface area contributed by atoms with Gasteiger partial charge in [0.2, 0.25) is 0 Å². The first-order valence-electron chi connectivity index (χ1n) is 6.19. The minimum absolute atomic E-state index is 0.343. The van der Waals surface area contributed by atoms with Gasteiger partial charge in [-0.05, 0) is 51.4 Å². The fourth-order valence-corrected chi connectivity index (χ4v) is 1.50. The van der Waals surface area contributed by atoms with E-state index in [9.17, 15) is 0 Å². The van der Waals surface area contributed by atoms with Gasteiger partial charge < -0.3 is 15.2 Å². The summed E-state index contributed by atoms with van der Waals surface area (Å²) in [6.07, 6.45) is 1.77. The van der Waals surface area contributed by atoms with Crippen molar-refractivity contribution >= 4 is 0 Å². The zero-order valence-electron chi connectivity index (χ0n) is 10.9. The molecular formula is C14H23NO2. The van der Waals surface area contributed by atoms with Gasteiger partial charge in [-0.15, -0.1) is 0 Å². The molecule has 1 aromatic carbocycles. The fraction of sp³-hybridized carbons (Fsp3) is 0.571. The standard InChI is InChI=1S/C14H23NO2/c1-11(15-3)4-5-13-6-8-14(9-7-13)17-10-12(2)16/h6-9,11-12,15-16H,4-5,10H2,1-3H3. The number of benzene rings is 1. The van der Waals surface area contributed by atoms with Gasteiger partial charge in [0.15, 0.2) is 0 Å². The maximum absolute atomic E-state index is 9.11. The van der Waals surface area contributed by atoms with Crippen LogP contribution in [-0.4, -0.2) is 30.9 Å². The second-order valence-electron chi connectivity index (χ2n) is 4.53. The number of aliphatic hydroxyl groups excluding tert-OH is 1. The molecule has 0 saturated carbocycles. The highest BCUT2D eigenvalue weighted by atomic mass is 16.5. The smallest absolute Gasteiger partial charge is 0.119 e. The average molecular weight is 237 g/mol. The largest absolute Gasteiger partial charge is 0.491 e. The third kappa shape index (κ3) is 5.71. The van der Waals surface area contributed by atoms with Gasteiger partial charge >= 0.3 is 0 Å². The summed E-state index contributed by atoms with van der Waals surface area (Å²) < 4.78 is 5.41. The van der Waals surface area contributed by atoms with Gasteiger partial charge in [-0.3, -0.25) is 0 Å². The normalized spacial score (nSPS) is 14.4. The highest BCUT2D eigenvalue weighted by Crippen LogP contribution is 2.14. The predicted molar refractivity (Wildman–Crippen MR) is 70.5 cm³/mol. The van der Waals surface area contributed by atoms with Gasteiger partial charge in [0.1, 0.15) is 12.4 Å². The molecule has 2 unspecified atom stereocenters. The summed E-state index contributed by atoms with van der Waals surface area (Å²) in [7, 11) is 1.98. The third-order valence-corrected chi connectivity index (χ3v) is 2.77. The molecule has 3 nitrogen and oxygen atoms in total. The molecule has 3 heteroatoms. The number of hydrogen-bond donors (Lipinski definition) is 2. The van der Waals surface area contributed by atoms with E-state index in [4.69, 9.17) is 9.84 Å². The second kappa shape index (κ2) is 7.30. The number of aryl methyl sites for hydroxylation is 1. The van der Waals surface area contributed by atoms with Gasteiger partial charge in [0.05, 0.1) is 6.10 Å². The number of rotatable bonds is 7. The van der Waals surface area contributed by atoms with Crippen LogP contribution < -0.4 is 10.1 Å². The Labute approximate surface area is 104 Å². The number of hydrogen-bond acceptors (Lipinski definition) is 3. The van der Waals surface area contributed by atoms with E-state index in [-0.39, 0.29) is 0 Å². The first kappa shape index (κ1) is 14.0. The van der Waals surface area contributed by atoms with Crippen LogP contribution in [0.15, 0.2) is 24.3 Å². The summed E-state index contributed by atoms with van der Waals surface area (Å²) in [5, 5.41) is 12.3. The summed E-state index contributed by atoms with van der Waals surface area (Å²) in [4.78, 5) is 0. The van der Waals surface area contributed by atoms with Crippen molar-refractivity contribution in [3.8, 4) is 5.75 Å². The molecule has 2 atom stereocenters. The first-order valence-corrected chi connectivity index (χ1v) is 6.19. The third-order valence-electron chi connectivity index (χ3n) is 2.77. The van der Waals surface area contributed by atoms with Gasteiger partial charge in [-0.25, -0.2) is 0 Å². The number of ether oxygens (including phenoxy) is 1. The highest BCUT2D eigenvalue weighted by molar-refractivity contribution is 5.27. The predicted octanol–water partition coefficient (Wildman–Crippen LogP) is 1.99. The van der Waals surface area contributed by atoms with Crippen molar-refractivity contribution in [3.63, 3.8) is 0 Å². The van der Waals surface area contributed by atoms with Gasteiger partial charge in [0, 0.05) is 6.04 Å². The topological polar surface area (TPSA) is 41.5 Å². The zero-order chi connectivity index (χ0) is 12.7. The van der Waals surface area contributed by atoms with Crippen molar-refractivity contribution in [1.82, 2.24) is 5.32 Å². The molecule has 0 saturated heterocycles. The summed E-state index contributed by atoms with van der Waals surface area (Å²) in [6, 6.07) is 8.63.